The number of ether oxygens (including phenoxy) is 1. The van der Waals surface area contributed by atoms with Gasteiger partial charge in [-0.05, 0) is 80.3 Å². The summed E-state index contributed by atoms with van der Waals surface area (Å²) in [6, 6.07) is 7.98. The van der Waals surface area contributed by atoms with E-state index in [1.165, 1.54) is 31.4 Å². The molecule has 1 saturated carbocycles. The highest BCUT2D eigenvalue weighted by molar-refractivity contribution is 7.99. The summed E-state index contributed by atoms with van der Waals surface area (Å²) in [7, 11) is 1.69. The lowest BCUT2D eigenvalue weighted by atomic mass is 9.81. The molecule has 1 unspecified atom stereocenters. The maximum atomic E-state index is 10.1. The molecule has 3 N–H and O–H groups in total. The van der Waals surface area contributed by atoms with Gasteiger partial charge in [0.2, 0.25) is 0 Å². The highest BCUT2D eigenvalue weighted by Gasteiger charge is 2.29. The molecule has 4 rings (SSSR count). The Bertz CT molecular complexity index is 858. The van der Waals surface area contributed by atoms with E-state index in [0.717, 1.165) is 66.4 Å². The number of thioether (sulfide) groups is 1. The van der Waals surface area contributed by atoms with Crippen LogP contribution in [0.2, 0.25) is 0 Å². The first-order valence-corrected chi connectivity index (χ1v) is 13.4. The monoisotopic (exact) mass is 457 g/mol. The first-order valence-electron chi connectivity index (χ1n) is 12.3. The molecule has 0 spiro atoms. The number of aromatic nitrogens is 1. The predicted octanol–water partition coefficient (Wildman–Crippen LogP) is 4.63. The van der Waals surface area contributed by atoms with Crippen LogP contribution in [0.25, 0.3) is 10.9 Å². The molecule has 3 atom stereocenters. The molecule has 2 aromatic rings. The van der Waals surface area contributed by atoms with Gasteiger partial charge in [0.05, 0.1) is 12.6 Å². The van der Waals surface area contributed by atoms with E-state index in [1.54, 1.807) is 7.11 Å². The Hall–Kier alpha value is -1.34. The number of hydrogen-bond donors (Lipinski definition) is 2. The minimum atomic E-state index is -0.0345. The molecule has 2 heterocycles. The van der Waals surface area contributed by atoms with Crippen molar-refractivity contribution in [1.29, 1.82) is 0 Å². The Labute approximate surface area is 197 Å². The maximum Gasteiger partial charge on any atom is 0.119 e. The molecule has 2 aliphatic rings. The van der Waals surface area contributed by atoms with Gasteiger partial charge >= 0.3 is 0 Å². The van der Waals surface area contributed by atoms with E-state index in [4.69, 9.17) is 10.5 Å². The van der Waals surface area contributed by atoms with Gasteiger partial charge in [-0.25, -0.2) is 0 Å². The van der Waals surface area contributed by atoms with E-state index in [1.807, 2.05) is 30.5 Å². The summed E-state index contributed by atoms with van der Waals surface area (Å²) >= 11 is 2.17. The first kappa shape index (κ1) is 23.8. The number of benzene rings is 1. The molecule has 5 nitrogen and oxygen atoms in total. The van der Waals surface area contributed by atoms with Crippen LogP contribution in [0.3, 0.4) is 0 Å². The van der Waals surface area contributed by atoms with Crippen LogP contribution in [-0.4, -0.2) is 59.3 Å². The van der Waals surface area contributed by atoms with E-state index in [2.05, 4.69) is 21.6 Å². The van der Waals surface area contributed by atoms with Crippen LogP contribution in [0.4, 0.5) is 0 Å². The van der Waals surface area contributed by atoms with Crippen LogP contribution >= 0.6 is 11.8 Å². The van der Waals surface area contributed by atoms with Gasteiger partial charge in [-0.2, -0.15) is 11.8 Å². The summed E-state index contributed by atoms with van der Waals surface area (Å²) in [5, 5.41) is 12.0. The Morgan fingerprint density at radius 1 is 1.22 bits per heavy atom. The smallest absolute Gasteiger partial charge is 0.119 e. The molecule has 2 fully saturated rings. The summed E-state index contributed by atoms with van der Waals surface area (Å²) in [5.74, 6) is 2.98. The highest BCUT2D eigenvalue weighted by Crippen LogP contribution is 2.33. The van der Waals surface area contributed by atoms with Crippen LogP contribution in [-0.2, 0) is 0 Å². The van der Waals surface area contributed by atoms with Crippen LogP contribution in [0, 0.1) is 11.8 Å². The highest BCUT2D eigenvalue weighted by atomic mass is 32.2. The molecule has 0 radical (unpaired) electrons. The zero-order valence-electron chi connectivity index (χ0n) is 19.4. The molecule has 1 aliphatic heterocycles. The van der Waals surface area contributed by atoms with E-state index in [9.17, 15) is 5.11 Å². The number of likely N-dealkylation sites (tertiary alicyclic amines) is 1. The van der Waals surface area contributed by atoms with Crippen molar-refractivity contribution in [2.24, 2.45) is 17.6 Å². The number of nitrogens with zero attached hydrogens (tertiary/aromatic N) is 2. The van der Waals surface area contributed by atoms with Gasteiger partial charge in [0, 0.05) is 48.3 Å². The number of pyridine rings is 1. The first-order chi connectivity index (χ1) is 15.7. The number of fused-ring (bicyclic) bond motifs is 1. The average Bonchev–Trinajstić information content (AvgIpc) is 3.35. The van der Waals surface area contributed by atoms with Gasteiger partial charge in [0.1, 0.15) is 5.75 Å². The molecule has 0 amide bonds. The summed E-state index contributed by atoms with van der Waals surface area (Å²) in [6.45, 7) is 3.62. The molecular formula is C26H39N3O2S. The quantitative estimate of drug-likeness (QED) is 0.542. The van der Waals surface area contributed by atoms with Crippen molar-refractivity contribution in [3.63, 3.8) is 0 Å². The van der Waals surface area contributed by atoms with Crippen molar-refractivity contribution in [2.45, 2.75) is 56.2 Å². The number of aliphatic hydroxyl groups is 1. The minimum Gasteiger partial charge on any atom is -0.497 e. The molecular weight excluding hydrogens is 418 g/mol. The van der Waals surface area contributed by atoms with Crippen molar-refractivity contribution < 1.29 is 9.84 Å². The molecule has 1 aliphatic carbocycles. The van der Waals surface area contributed by atoms with Gasteiger partial charge in [-0.15, -0.1) is 0 Å². The largest absolute Gasteiger partial charge is 0.497 e. The lowest BCUT2D eigenvalue weighted by Crippen LogP contribution is -2.43. The Morgan fingerprint density at radius 3 is 2.84 bits per heavy atom. The topological polar surface area (TPSA) is 71.6 Å². The van der Waals surface area contributed by atoms with E-state index in [-0.39, 0.29) is 12.6 Å². The Kier molecular flexibility index (Phi) is 8.69. The molecule has 1 aromatic carbocycles. The number of methoxy groups -OCH3 is 1. The molecule has 0 bridgehead atoms. The van der Waals surface area contributed by atoms with Crippen molar-refractivity contribution >= 4 is 22.7 Å². The Balaban J connectivity index is 1.29. The molecule has 1 saturated heterocycles. The lowest BCUT2D eigenvalue weighted by molar-refractivity contribution is 0.0701. The summed E-state index contributed by atoms with van der Waals surface area (Å²) < 4.78 is 5.41. The third-order valence-electron chi connectivity index (χ3n) is 7.50. The SMILES string of the molecule is COc1ccc2nccc(C(N)CC[C@@H]3CCN(CCSC4CCCC4)C[C@@H]3CO)c2c1. The van der Waals surface area contributed by atoms with Gasteiger partial charge in [0.15, 0.2) is 0 Å². The third-order valence-corrected chi connectivity index (χ3v) is 8.86. The average molecular weight is 458 g/mol. The zero-order chi connectivity index (χ0) is 22.3. The Morgan fingerprint density at radius 2 is 2.06 bits per heavy atom. The summed E-state index contributed by atoms with van der Waals surface area (Å²) in [4.78, 5) is 7.05. The zero-order valence-corrected chi connectivity index (χ0v) is 20.2. The molecule has 6 heteroatoms. The summed E-state index contributed by atoms with van der Waals surface area (Å²) in [5.41, 5.74) is 8.75. The fourth-order valence-electron chi connectivity index (χ4n) is 5.50. The van der Waals surface area contributed by atoms with Gasteiger partial charge in [-0.3, -0.25) is 4.98 Å². The lowest BCUT2D eigenvalue weighted by Gasteiger charge is -2.38. The second kappa shape index (κ2) is 11.7. The number of hydrogen-bond acceptors (Lipinski definition) is 6. The van der Waals surface area contributed by atoms with Gasteiger partial charge < -0.3 is 20.5 Å². The van der Waals surface area contributed by atoms with Crippen molar-refractivity contribution in [1.82, 2.24) is 9.88 Å². The standard InChI is InChI=1S/C26H39N3O2S/c1-31-21-7-9-26-24(16-21)23(10-12-28-26)25(27)8-6-19-11-13-29(17-20(19)18-30)14-15-32-22-4-2-3-5-22/h7,9-10,12,16,19-20,22,25,30H,2-6,8,11,13-15,17-18,27H2,1H3/t19-,20-,25?/m1/s1. The maximum absolute atomic E-state index is 10.1. The van der Waals surface area contributed by atoms with E-state index in [0.29, 0.717) is 11.8 Å². The normalized spacial score (nSPS) is 23.6. The van der Waals surface area contributed by atoms with Crippen LogP contribution in [0.5, 0.6) is 5.75 Å². The summed E-state index contributed by atoms with van der Waals surface area (Å²) in [6.07, 6.45) is 10.7. The van der Waals surface area contributed by atoms with Crippen LogP contribution in [0.15, 0.2) is 30.5 Å². The van der Waals surface area contributed by atoms with Crippen molar-refractivity contribution in [3.05, 3.63) is 36.0 Å². The second-order valence-electron chi connectivity index (χ2n) is 9.54. The fourth-order valence-corrected chi connectivity index (χ4v) is 6.86. The number of nitrogens with two attached hydrogens (primary N) is 1. The molecule has 32 heavy (non-hydrogen) atoms. The van der Waals surface area contributed by atoms with Crippen LogP contribution < -0.4 is 10.5 Å². The predicted molar refractivity (Wildman–Crippen MR) is 134 cm³/mol. The van der Waals surface area contributed by atoms with E-state index < -0.39 is 0 Å². The van der Waals surface area contributed by atoms with Crippen molar-refractivity contribution in [3.8, 4) is 5.75 Å². The fraction of sp³-hybridized carbons (Fsp3) is 0.654. The van der Waals surface area contributed by atoms with E-state index >= 15 is 0 Å². The molecule has 1 aromatic heterocycles. The second-order valence-corrected chi connectivity index (χ2v) is 10.9. The van der Waals surface area contributed by atoms with Gasteiger partial charge in [0.25, 0.3) is 0 Å². The van der Waals surface area contributed by atoms with Gasteiger partial charge in [-0.1, -0.05) is 12.8 Å². The number of aliphatic hydroxyl groups excluding tert-OH is 1. The number of rotatable bonds is 10. The number of piperidine rings is 1. The third kappa shape index (κ3) is 5.96. The minimum absolute atomic E-state index is 0.0345. The molecule has 176 valence electrons. The van der Waals surface area contributed by atoms with Crippen molar-refractivity contribution in [2.75, 3.05) is 39.1 Å². The van der Waals surface area contributed by atoms with Crippen LogP contribution in [0.1, 0.15) is 56.6 Å².